The van der Waals surface area contributed by atoms with E-state index in [1.54, 1.807) is 9.47 Å². The van der Waals surface area contributed by atoms with Crippen molar-refractivity contribution in [3.8, 4) is 5.75 Å². The number of fused-ring (bicyclic) bond motifs is 1. The summed E-state index contributed by atoms with van der Waals surface area (Å²) in [6.07, 6.45) is 8.15. The molecule has 1 saturated heterocycles. The molecule has 2 aliphatic heterocycles. The lowest BCUT2D eigenvalue weighted by Crippen LogP contribution is -2.35. The van der Waals surface area contributed by atoms with Crippen molar-refractivity contribution in [2.45, 2.75) is 64.3 Å². The number of pyridine rings is 1. The Morgan fingerprint density at radius 3 is 2.50 bits per heavy atom. The molecule has 0 bridgehead atoms. The Balaban J connectivity index is 1.49. The summed E-state index contributed by atoms with van der Waals surface area (Å²) in [6.45, 7) is 2.50. The molecular weight excluding hydrogens is 438 g/mol. The average Bonchev–Trinajstić information content (AvgIpc) is 3.11. The molecular formula is C25H35N3O6. The largest absolute Gasteiger partial charge is 0.491 e. The zero-order valence-corrected chi connectivity index (χ0v) is 20.1. The number of esters is 1. The van der Waals surface area contributed by atoms with Crippen LogP contribution in [0.3, 0.4) is 0 Å². The van der Waals surface area contributed by atoms with Crippen molar-refractivity contribution < 1.29 is 23.9 Å². The zero-order chi connectivity index (χ0) is 24.1. The first-order valence-electron chi connectivity index (χ1n) is 12.5. The van der Waals surface area contributed by atoms with Gasteiger partial charge in [-0.05, 0) is 25.2 Å². The van der Waals surface area contributed by atoms with Crippen molar-refractivity contribution >= 4 is 17.8 Å². The lowest BCUT2D eigenvalue weighted by molar-refractivity contribution is -0.132. The number of likely N-dealkylation sites (tertiary alicyclic amines) is 1. The second-order valence-electron chi connectivity index (χ2n) is 9.48. The molecule has 2 fully saturated rings. The summed E-state index contributed by atoms with van der Waals surface area (Å²) in [5, 5.41) is 0. The van der Waals surface area contributed by atoms with Crippen molar-refractivity contribution in [1.82, 2.24) is 14.4 Å². The van der Waals surface area contributed by atoms with E-state index >= 15 is 0 Å². The van der Waals surface area contributed by atoms with Crippen LogP contribution in [0.25, 0.3) is 0 Å². The van der Waals surface area contributed by atoms with Gasteiger partial charge in [0.2, 0.25) is 11.8 Å². The van der Waals surface area contributed by atoms with Crippen LogP contribution >= 0.6 is 0 Å². The lowest BCUT2D eigenvalue weighted by Gasteiger charge is -2.25. The number of amides is 2. The number of ether oxygens (including phenoxy) is 2. The maximum atomic E-state index is 13.0. The number of aromatic nitrogens is 1. The number of carbonyl (C=O) groups is 3. The normalized spacial score (nSPS) is 19.0. The van der Waals surface area contributed by atoms with E-state index in [2.05, 4.69) is 0 Å². The highest BCUT2D eigenvalue weighted by Crippen LogP contribution is 2.28. The summed E-state index contributed by atoms with van der Waals surface area (Å²) >= 11 is 0. The minimum Gasteiger partial charge on any atom is -0.491 e. The standard InChI is InChI=1S/C25H35N3O6/c1-33-25(32)24-19-9-11-27(22(30)16-18-6-3-2-4-7-18)12-13-28(19)23(31)17-20(24)34-15-14-26-10-5-8-21(26)29/h17-18H,2-16H2,1H3. The van der Waals surface area contributed by atoms with E-state index in [-0.39, 0.29) is 35.3 Å². The fraction of sp³-hybridized carbons (Fsp3) is 0.680. The lowest BCUT2D eigenvalue weighted by atomic mass is 9.86. The van der Waals surface area contributed by atoms with E-state index in [1.165, 1.54) is 32.4 Å². The van der Waals surface area contributed by atoms with Gasteiger partial charge in [-0.3, -0.25) is 14.4 Å². The highest BCUT2D eigenvalue weighted by atomic mass is 16.5. The van der Waals surface area contributed by atoms with Crippen LogP contribution in [0.5, 0.6) is 5.75 Å². The maximum absolute atomic E-state index is 13.0. The van der Waals surface area contributed by atoms with E-state index in [4.69, 9.17) is 9.47 Å². The summed E-state index contributed by atoms with van der Waals surface area (Å²) in [5.41, 5.74) is 0.507. The molecule has 3 aliphatic rings. The molecule has 0 atom stereocenters. The monoisotopic (exact) mass is 473 g/mol. The molecule has 9 heteroatoms. The highest BCUT2D eigenvalue weighted by Gasteiger charge is 2.29. The molecule has 1 saturated carbocycles. The Bertz CT molecular complexity index is 982. The van der Waals surface area contributed by atoms with Gasteiger partial charge in [0.05, 0.1) is 13.7 Å². The summed E-state index contributed by atoms with van der Waals surface area (Å²) in [4.78, 5) is 54.0. The van der Waals surface area contributed by atoms with Crippen LogP contribution in [-0.4, -0.2) is 72.0 Å². The van der Waals surface area contributed by atoms with Gasteiger partial charge < -0.3 is 23.8 Å². The summed E-state index contributed by atoms with van der Waals surface area (Å²) in [5.74, 6) is 0.272. The molecule has 1 aromatic rings. The SMILES string of the molecule is COC(=O)c1c(OCCN2CCCC2=O)cc(=O)n2c1CCN(C(=O)CC1CCCCC1)CC2. The number of hydrogen-bond acceptors (Lipinski definition) is 6. The smallest absolute Gasteiger partial charge is 0.343 e. The van der Waals surface area contributed by atoms with Crippen LogP contribution in [0.2, 0.25) is 0 Å². The first-order chi connectivity index (χ1) is 16.5. The van der Waals surface area contributed by atoms with Crippen LogP contribution in [0.1, 0.15) is 67.4 Å². The van der Waals surface area contributed by atoms with E-state index in [0.717, 1.165) is 19.3 Å². The Hall–Kier alpha value is -2.84. The van der Waals surface area contributed by atoms with E-state index < -0.39 is 5.97 Å². The number of rotatable bonds is 7. The third kappa shape index (κ3) is 5.45. The van der Waals surface area contributed by atoms with Gasteiger partial charge in [-0.1, -0.05) is 19.3 Å². The summed E-state index contributed by atoms with van der Waals surface area (Å²) in [7, 11) is 1.30. The first kappa shape index (κ1) is 24.3. The molecule has 1 aromatic heterocycles. The first-order valence-corrected chi connectivity index (χ1v) is 12.5. The van der Waals surface area contributed by atoms with Gasteiger partial charge in [-0.2, -0.15) is 0 Å². The van der Waals surface area contributed by atoms with E-state index in [9.17, 15) is 19.2 Å². The van der Waals surface area contributed by atoms with Gasteiger partial charge in [0.25, 0.3) is 5.56 Å². The van der Waals surface area contributed by atoms with Crippen molar-refractivity contribution in [2.24, 2.45) is 5.92 Å². The second-order valence-corrected chi connectivity index (χ2v) is 9.48. The predicted molar refractivity (Wildman–Crippen MR) is 125 cm³/mol. The molecule has 0 unspecified atom stereocenters. The molecule has 3 heterocycles. The van der Waals surface area contributed by atoms with Gasteiger partial charge in [0.1, 0.15) is 17.9 Å². The quantitative estimate of drug-likeness (QED) is 0.562. The zero-order valence-electron chi connectivity index (χ0n) is 20.1. The Morgan fingerprint density at radius 1 is 1.00 bits per heavy atom. The fourth-order valence-corrected chi connectivity index (χ4v) is 5.41. The van der Waals surface area contributed by atoms with E-state index in [0.29, 0.717) is 63.6 Å². The topological polar surface area (TPSA) is 98.2 Å². The van der Waals surface area contributed by atoms with Crippen molar-refractivity contribution in [1.29, 1.82) is 0 Å². The van der Waals surface area contributed by atoms with Gasteiger partial charge in [-0.25, -0.2) is 4.79 Å². The van der Waals surface area contributed by atoms with Crippen molar-refractivity contribution in [3.05, 3.63) is 27.7 Å². The Labute approximate surface area is 200 Å². The Kier molecular flexibility index (Phi) is 7.90. The fourth-order valence-electron chi connectivity index (χ4n) is 5.41. The van der Waals surface area contributed by atoms with Crippen LogP contribution in [0.15, 0.2) is 10.9 Å². The molecule has 186 valence electrons. The van der Waals surface area contributed by atoms with Crippen molar-refractivity contribution in [2.75, 3.05) is 39.9 Å². The second kappa shape index (κ2) is 11.1. The van der Waals surface area contributed by atoms with Gasteiger partial charge in [0, 0.05) is 57.2 Å². The van der Waals surface area contributed by atoms with Crippen LogP contribution < -0.4 is 10.3 Å². The summed E-state index contributed by atoms with van der Waals surface area (Å²) < 4.78 is 12.4. The third-order valence-corrected chi connectivity index (χ3v) is 7.31. The molecule has 0 aromatic carbocycles. The third-order valence-electron chi connectivity index (χ3n) is 7.31. The molecule has 0 radical (unpaired) electrons. The Morgan fingerprint density at radius 2 is 1.79 bits per heavy atom. The molecule has 1 aliphatic carbocycles. The highest BCUT2D eigenvalue weighted by molar-refractivity contribution is 5.93. The molecule has 2 amide bonds. The van der Waals surface area contributed by atoms with E-state index in [1.807, 2.05) is 4.90 Å². The van der Waals surface area contributed by atoms with Crippen LogP contribution in [0.4, 0.5) is 0 Å². The number of carbonyl (C=O) groups excluding carboxylic acids is 3. The maximum Gasteiger partial charge on any atom is 0.343 e. The van der Waals surface area contributed by atoms with Gasteiger partial charge in [-0.15, -0.1) is 0 Å². The van der Waals surface area contributed by atoms with Crippen LogP contribution in [0, 0.1) is 5.92 Å². The molecule has 0 spiro atoms. The minimum atomic E-state index is -0.571. The number of hydrogen-bond donors (Lipinski definition) is 0. The number of methoxy groups -OCH3 is 1. The molecule has 9 nitrogen and oxygen atoms in total. The van der Waals surface area contributed by atoms with Gasteiger partial charge >= 0.3 is 5.97 Å². The average molecular weight is 474 g/mol. The summed E-state index contributed by atoms with van der Waals surface area (Å²) in [6, 6.07) is 1.32. The minimum absolute atomic E-state index is 0.0942. The molecule has 4 rings (SSSR count). The van der Waals surface area contributed by atoms with Crippen molar-refractivity contribution in [3.63, 3.8) is 0 Å². The molecule has 34 heavy (non-hydrogen) atoms. The predicted octanol–water partition coefficient (Wildman–Crippen LogP) is 1.99. The van der Waals surface area contributed by atoms with Crippen LogP contribution in [-0.2, 0) is 27.3 Å². The number of nitrogens with zero attached hydrogens (tertiary/aromatic N) is 3. The van der Waals surface area contributed by atoms with Gasteiger partial charge in [0.15, 0.2) is 0 Å². The molecule has 0 N–H and O–H groups in total.